The number of carbonyl (C=O) groups excluding carboxylic acids is 1. The van der Waals surface area contributed by atoms with Crippen molar-refractivity contribution < 1.29 is 12.1 Å². The Hall–Kier alpha value is 0.390. The van der Waals surface area contributed by atoms with Crippen molar-refractivity contribution in [1.82, 2.24) is 0 Å². The second kappa shape index (κ2) is 5.94. The minimum absolute atomic E-state index is 0.0400. The maximum Gasteiger partial charge on any atom is 0.537 e. The van der Waals surface area contributed by atoms with Crippen molar-refractivity contribution in [3.63, 3.8) is 0 Å². The second-order valence-electron chi connectivity index (χ2n) is 2.41. The molecular weight excluding hydrogens is 290 g/mol. The summed E-state index contributed by atoms with van der Waals surface area (Å²) in [6, 6.07) is 0. The molecule has 0 fully saturated rings. The lowest BCUT2D eigenvalue weighted by Gasteiger charge is -2.16. The monoisotopic (exact) mass is 302 g/mol. The Morgan fingerprint density at radius 2 is 2.00 bits per heavy atom. The Bertz CT molecular complexity index is 150. The fourth-order valence-electron chi connectivity index (χ4n) is 0.666. The van der Waals surface area contributed by atoms with E-state index in [2.05, 4.69) is 39.2 Å². The predicted octanol–water partition coefficient (Wildman–Crippen LogP) is 3.38. The minimum Gasteiger partial charge on any atom is -0.419 e. The Morgan fingerprint density at radius 3 is 2.42 bits per heavy atom. The van der Waals surface area contributed by atoms with Gasteiger partial charge in [-0.1, -0.05) is 15.9 Å². The van der Waals surface area contributed by atoms with Crippen molar-refractivity contribution in [3.05, 3.63) is 0 Å². The number of quaternary nitrogens is 1. The number of nitrogens with zero attached hydrogens (tertiary/aromatic N) is 1. The molecule has 0 aliphatic rings. The average molecular weight is 304 g/mol. The summed E-state index contributed by atoms with van der Waals surface area (Å²) in [7, 11) is 0. The number of rotatable bonds is 4. The van der Waals surface area contributed by atoms with E-state index in [4.69, 9.17) is 4.74 Å². The third-order valence-electron chi connectivity index (χ3n) is 1.33. The highest BCUT2D eigenvalue weighted by Crippen LogP contribution is 2.25. The van der Waals surface area contributed by atoms with Crippen LogP contribution in [0.1, 0.15) is 26.7 Å². The maximum atomic E-state index is 11.2. The maximum absolute atomic E-state index is 11.2. The number of unbranched alkanes of at least 4 members (excludes halogenated alkanes) is 1. The molecule has 72 valence electrons. The number of halogens is 2. The molecule has 0 aromatic carbocycles. The van der Waals surface area contributed by atoms with Crippen LogP contribution in [0, 0.1) is 0 Å². The van der Waals surface area contributed by atoms with Gasteiger partial charge in [0.15, 0.2) is 0 Å². The SMILES string of the molecule is CCCC[N+](Br)(Br)C(=O)OCC. The van der Waals surface area contributed by atoms with Crippen LogP contribution in [0.5, 0.6) is 0 Å². The van der Waals surface area contributed by atoms with Crippen LogP contribution in [-0.4, -0.2) is 21.8 Å². The molecule has 3 nitrogen and oxygen atoms in total. The molecule has 0 aliphatic heterocycles. The van der Waals surface area contributed by atoms with E-state index in [1.807, 2.05) is 0 Å². The summed E-state index contributed by atoms with van der Waals surface area (Å²) in [4.78, 5) is 11.2. The molecule has 0 aromatic rings. The molecule has 0 spiro atoms. The number of carbonyl (C=O) groups is 1. The molecule has 0 aliphatic carbocycles. The van der Waals surface area contributed by atoms with E-state index >= 15 is 0 Å². The smallest absolute Gasteiger partial charge is 0.419 e. The van der Waals surface area contributed by atoms with E-state index in [1.165, 1.54) is 0 Å². The Labute approximate surface area is 90.3 Å². The number of amides is 1. The first-order chi connectivity index (χ1) is 5.54. The number of ether oxygens (including phenoxy) is 1. The van der Waals surface area contributed by atoms with Crippen molar-refractivity contribution in [3.8, 4) is 0 Å². The van der Waals surface area contributed by atoms with E-state index in [9.17, 15) is 4.79 Å². The summed E-state index contributed by atoms with van der Waals surface area (Å²) in [5.74, 6) is 0. The first kappa shape index (κ1) is 12.4. The van der Waals surface area contributed by atoms with Crippen molar-refractivity contribution in [2.75, 3.05) is 13.2 Å². The summed E-state index contributed by atoms with van der Waals surface area (Å²) in [5, 5.41) is 0. The minimum atomic E-state index is -0.300. The van der Waals surface area contributed by atoms with Crippen LogP contribution >= 0.6 is 32.3 Å². The van der Waals surface area contributed by atoms with Crippen molar-refractivity contribution in [2.45, 2.75) is 26.7 Å². The molecule has 0 atom stereocenters. The lowest BCUT2D eigenvalue weighted by Crippen LogP contribution is -2.34. The largest absolute Gasteiger partial charge is 0.537 e. The van der Waals surface area contributed by atoms with E-state index in [0.29, 0.717) is 13.2 Å². The molecular formula is C7H14Br2NO2+. The van der Waals surface area contributed by atoms with Gasteiger partial charge in [-0.15, -0.1) is 0 Å². The molecule has 0 rings (SSSR count). The standard InChI is InChI=1S/C7H14Br2NO2/c1-3-5-6-10(8,9)7(11)12-4-2/h3-6H2,1-2H3/q+1. The summed E-state index contributed by atoms with van der Waals surface area (Å²) in [6.07, 6.45) is 1.72. The molecule has 1 amide bonds. The fourth-order valence-corrected chi connectivity index (χ4v) is 1.37. The van der Waals surface area contributed by atoms with Gasteiger partial charge in [0.2, 0.25) is 0 Å². The summed E-state index contributed by atoms with van der Waals surface area (Å²) in [5.41, 5.74) is 0. The average Bonchev–Trinajstić information content (AvgIpc) is 2.01. The molecule has 0 aromatic heterocycles. The van der Waals surface area contributed by atoms with Gasteiger partial charge in [0, 0.05) is 0 Å². The van der Waals surface area contributed by atoms with Crippen LogP contribution in [0.3, 0.4) is 0 Å². The third-order valence-corrected chi connectivity index (χ3v) is 2.62. The van der Waals surface area contributed by atoms with Crippen molar-refractivity contribution >= 4 is 38.4 Å². The zero-order valence-corrected chi connectivity index (χ0v) is 10.5. The van der Waals surface area contributed by atoms with Crippen LogP contribution in [0.25, 0.3) is 0 Å². The predicted molar refractivity (Wildman–Crippen MR) is 54.9 cm³/mol. The molecule has 5 heteroatoms. The Morgan fingerprint density at radius 1 is 1.42 bits per heavy atom. The number of hydrogen-bond donors (Lipinski definition) is 0. The molecule has 12 heavy (non-hydrogen) atoms. The van der Waals surface area contributed by atoms with Crippen molar-refractivity contribution in [1.29, 1.82) is 0 Å². The highest BCUT2D eigenvalue weighted by Gasteiger charge is 2.34. The van der Waals surface area contributed by atoms with Crippen molar-refractivity contribution in [2.24, 2.45) is 0 Å². The van der Waals surface area contributed by atoms with Crippen LogP contribution in [0.4, 0.5) is 4.79 Å². The van der Waals surface area contributed by atoms with Gasteiger partial charge in [-0.25, -0.2) is 0 Å². The van der Waals surface area contributed by atoms with Gasteiger partial charge in [-0.05, 0) is 13.3 Å². The molecule has 0 bridgehead atoms. The van der Waals surface area contributed by atoms with Crippen LogP contribution in [0.15, 0.2) is 0 Å². The topological polar surface area (TPSA) is 26.3 Å². The first-order valence-electron chi connectivity index (χ1n) is 3.99. The molecule has 0 N–H and O–H groups in total. The van der Waals surface area contributed by atoms with Crippen LogP contribution in [0.2, 0.25) is 0 Å². The zero-order valence-electron chi connectivity index (χ0n) is 7.35. The first-order valence-corrected chi connectivity index (χ1v) is 5.41. The summed E-state index contributed by atoms with van der Waals surface area (Å²) >= 11 is 6.46. The highest BCUT2D eigenvalue weighted by atomic mass is 79.9. The fraction of sp³-hybridized carbons (Fsp3) is 0.857. The van der Waals surface area contributed by atoms with Gasteiger partial charge < -0.3 is 4.74 Å². The van der Waals surface area contributed by atoms with E-state index in [0.717, 1.165) is 12.8 Å². The van der Waals surface area contributed by atoms with E-state index in [1.54, 1.807) is 6.92 Å². The summed E-state index contributed by atoms with van der Waals surface area (Å²) < 4.78 is 4.80. The van der Waals surface area contributed by atoms with E-state index in [-0.39, 0.29) is 8.63 Å². The van der Waals surface area contributed by atoms with Gasteiger partial charge in [-0.2, -0.15) is 4.79 Å². The second-order valence-corrected chi connectivity index (χ2v) is 5.78. The lowest BCUT2D eigenvalue weighted by atomic mass is 10.3. The molecule has 0 heterocycles. The zero-order chi connectivity index (χ0) is 9.61. The van der Waals surface area contributed by atoms with Crippen LogP contribution in [-0.2, 0) is 4.74 Å². The number of hydrogen-bond acceptors (Lipinski definition) is 2. The van der Waals surface area contributed by atoms with Gasteiger partial charge in [0.1, 0.15) is 6.54 Å². The molecule has 0 radical (unpaired) electrons. The van der Waals surface area contributed by atoms with Crippen LogP contribution < -0.4 is 0 Å². The lowest BCUT2D eigenvalue weighted by molar-refractivity contribution is -0.531. The normalized spacial score (nSPS) is 11.3. The summed E-state index contributed by atoms with van der Waals surface area (Å²) in [6.45, 7) is 4.96. The van der Waals surface area contributed by atoms with Gasteiger partial charge in [0.25, 0.3) is 32.3 Å². The molecule has 0 saturated heterocycles. The van der Waals surface area contributed by atoms with Gasteiger partial charge in [0.05, 0.1) is 6.61 Å². The Balaban J connectivity index is 3.90. The molecule has 0 unspecified atom stereocenters. The quantitative estimate of drug-likeness (QED) is 0.744. The van der Waals surface area contributed by atoms with Gasteiger partial charge in [-0.3, -0.25) is 0 Å². The third kappa shape index (κ3) is 4.42. The van der Waals surface area contributed by atoms with Gasteiger partial charge >= 0.3 is 6.09 Å². The Kier molecular flexibility index (Phi) is 6.13. The molecule has 0 saturated carbocycles. The highest BCUT2D eigenvalue weighted by molar-refractivity contribution is 9.16. The van der Waals surface area contributed by atoms with E-state index < -0.39 is 0 Å².